The number of halogens is 1. The Morgan fingerprint density at radius 3 is 2.41 bits per heavy atom. The summed E-state index contributed by atoms with van der Waals surface area (Å²) in [5, 5.41) is 6.24. The molecule has 0 saturated carbocycles. The highest BCUT2D eigenvalue weighted by Crippen LogP contribution is 2.25. The third-order valence-corrected chi connectivity index (χ3v) is 6.61. The summed E-state index contributed by atoms with van der Waals surface area (Å²) in [7, 11) is 1.65. The lowest BCUT2D eigenvalue weighted by Crippen LogP contribution is -2.45. The number of hydrogen-bond donors (Lipinski definition) is 0. The molecule has 2 aromatic heterocycles. The molecule has 8 heteroatoms. The fourth-order valence-electron chi connectivity index (χ4n) is 3.11. The number of aromatic nitrogens is 2. The van der Waals surface area contributed by atoms with Crippen LogP contribution in [0.1, 0.15) is 10.8 Å². The van der Waals surface area contributed by atoms with Crippen molar-refractivity contribution in [3.05, 3.63) is 51.0 Å². The van der Waals surface area contributed by atoms with Gasteiger partial charge in [0.05, 0.1) is 13.7 Å². The van der Waals surface area contributed by atoms with Crippen molar-refractivity contribution in [2.24, 2.45) is 0 Å². The predicted molar refractivity (Wildman–Crippen MR) is 109 cm³/mol. The van der Waals surface area contributed by atoms with Gasteiger partial charge in [-0.05, 0) is 51.6 Å². The molecule has 0 atom stereocenters. The van der Waals surface area contributed by atoms with Crippen LogP contribution < -0.4 is 4.74 Å². The fraction of sp³-hybridized carbons (Fsp3) is 0.368. The smallest absolute Gasteiger partial charge is 0.241 e. The van der Waals surface area contributed by atoms with Gasteiger partial charge in [0.1, 0.15) is 5.75 Å². The molecular formula is C19H21BrN4O2S. The normalized spacial score (nSPS) is 15.9. The van der Waals surface area contributed by atoms with Crippen molar-refractivity contribution in [2.75, 3.05) is 33.3 Å². The lowest BCUT2D eigenvalue weighted by molar-refractivity contribution is 0.113. The van der Waals surface area contributed by atoms with Crippen LogP contribution in [0.25, 0.3) is 11.4 Å². The number of piperazine rings is 1. The van der Waals surface area contributed by atoms with Gasteiger partial charge in [-0.1, -0.05) is 5.16 Å². The average molecular weight is 449 g/mol. The average Bonchev–Trinajstić information content (AvgIpc) is 3.33. The first-order valence-corrected chi connectivity index (χ1v) is 10.5. The van der Waals surface area contributed by atoms with E-state index in [0.717, 1.165) is 44.0 Å². The molecule has 1 aliphatic heterocycles. The lowest BCUT2D eigenvalue weighted by Gasteiger charge is -2.33. The topological polar surface area (TPSA) is 54.6 Å². The van der Waals surface area contributed by atoms with Crippen LogP contribution in [-0.2, 0) is 13.1 Å². The Hall–Kier alpha value is -1.74. The van der Waals surface area contributed by atoms with E-state index in [1.165, 1.54) is 9.35 Å². The van der Waals surface area contributed by atoms with E-state index in [4.69, 9.17) is 9.26 Å². The van der Waals surface area contributed by atoms with Gasteiger partial charge in [-0.15, -0.1) is 11.3 Å². The fourth-order valence-corrected chi connectivity index (χ4v) is 4.63. The van der Waals surface area contributed by atoms with E-state index in [9.17, 15) is 0 Å². The Morgan fingerprint density at radius 1 is 1.07 bits per heavy atom. The summed E-state index contributed by atoms with van der Waals surface area (Å²) in [5.41, 5.74) is 0.928. The van der Waals surface area contributed by atoms with E-state index in [1.54, 1.807) is 18.4 Å². The molecule has 0 radical (unpaired) electrons. The van der Waals surface area contributed by atoms with Gasteiger partial charge < -0.3 is 9.26 Å². The third kappa shape index (κ3) is 4.57. The standard InChI is InChI=1S/C19H21BrN4O2S/c1-25-15-4-2-14(3-5-15)19-21-18(26-22-19)13-24-9-7-23(8-10-24)12-17-16(20)6-11-27-17/h2-6,11H,7-10,12-13H2,1H3. The number of thiophene rings is 1. The Kier molecular flexibility index (Phi) is 5.87. The zero-order valence-electron chi connectivity index (χ0n) is 15.1. The third-order valence-electron chi connectivity index (χ3n) is 4.70. The maximum absolute atomic E-state index is 5.45. The monoisotopic (exact) mass is 448 g/mol. The van der Waals surface area contributed by atoms with E-state index in [-0.39, 0.29) is 0 Å². The molecule has 3 aromatic rings. The van der Waals surface area contributed by atoms with Gasteiger partial charge in [0.25, 0.3) is 0 Å². The van der Waals surface area contributed by atoms with Crippen LogP contribution in [0.5, 0.6) is 5.75 Å². The molecule has 0 N–H and O–H groups in total. The highest BCUT2D eigenvalue weighted by molar-refractivity contribution is 9.10. The van der Waals surface area contributed by atoms with E-state index in [2.05, 4.69) is 47.3 Å². The number of benzene rings is 1. The maximum atomic E-state index is 5.45. The lowest BCUT2D eigenvalue weighted by atomic mass is 10.2. The van der Waals surface area contributed by atoms with E-state index in [0.29, 0.717) is 18.3 Å². The minimum Gasteiger partial charge on any atom is -0.497 e. The second kappa shape index (κ2) is 8.52. The van der Waals surface area contributed by atoms with Crippen LogP contribution in [0.15, 0.2) is 44.7 Å². The van der Waals surface area contributed by atoms with Crippen molar-refractivity contribution in [3.8, 4) is 17.1 Å². The minimum absolute atomic E-state index is 0.619. The zero-order valence-corrected chi connectivity index (χ0v) is 17.5. The highest BCUT2D eigenvalue weighted by Gasteiger charge is 2.20. The van der Waals surface area contributed by atoms with Crippen LogP contribution >= 0.6 is 27.3 Å². The van der Waals surface area contributed by atoms with Gasteiger partial charge >= 0.3 is 0 Å². The molecule has 0 amide bonds. The van der Waals surface area contributed by atoms with Gasteiger partial charge in [0.2, 0.25) is 11.7 Å². The van der Waals surface area contributed by atoms with Crippen LogP contribution in [0.3, 0.4) is 0 Å². The molecule has 1 fully saturated rings. The second-order valence-electron chi connectivity index (χ2n) is 6.48. The van der Waals surface area contributed by atoms with Crippen LogP contribution in [-0.4, -0.2) is 53.2 Å². The van der Waals surface area contributed by atoms with Crippen LogP contribution in [0, 0.1) is 0 Å². The quantitative estimate of drug-likeness (QED) is 0.569. The Balaban J connectivity index is 1.30. The zero-order chi connectivity index (χ0) is 18.6. The van der Waals surface area contributed by atoms with Gasteiger partial charge in [0, 0.05) is 47.6 Å². The summed E-state index contributed by atoms with van der Waals surface area (Å²) in [6, 6.07) is 9.79. The first-order valence-electron chi connectivity index (χ1n) is 8.85. The molecule has 4 rings (SSSR count). The molecule has 1 aromatic carbocycles. The Bertz CT molecular complexity index is 872. The van der Waals surface area contributed by atoms with Gasteiger partial charge in [-0.25, -0.2) is 0 Å². The molecule has 6 nitrogen and oxygen atoms in total. The predicted octanol–water partition coefficient (Wildman–Crippen LogP) is 3.89. The molecule has 3 heterocycles. The molecule has 0 bridgehead atoms. The van der Waals surface area contributed by atoms with Crippen molar-refractivity contribution >= 4 is 27.3 Å². The van der Waals surface area contributed by atoms with Crippen molar-refractivity contribution in [2.45, 2.75) is 13.1 Å². The second-order valence-corrected chi connectivity index (χ2v) is 8.34. The summed E-state index contributed by atoms with van der Waals surface area (Å²) in [5.74, 6) is 2.10. The molecule has 0 unspecified atom stereocenters. The first kappa shape index (κ1) is 18.6. The molecular weight excluding hydrogens is 428 g/mol. The van der Waals surface area contributed by atoms with Crippen molar-refractivity contribution in [1.82, 2.24) is 19.9 Å². The van der Waals surface area contributed by atoms with Crippen molar-refractivity contribution < 1.29 is 9.26 Å². The maximum Gasteiger partial charge on any atom is 0.241 e. The van der Waals surface area contributed by atoms with Crippen LogP contribution in [0.2, 0.25) is 0 Å². The number of ether oxygens (including phenoxy) is 1. The van der Waals surface area contributed by atoms with E-state index in [1.807, 2.05) is 24.3 Å². The number of rotatable bonds is 6. The van der Waals surface area contributed by atoms with Gasteiger partial charge in [-0.3, -0.25) is 9.80 Å². The molecule has 1 aliphatic rings. The van der Waals surface area contributed by atoms with Crippen LogP contribution in [0.4, 0.5) is 0 Å². The van der Waals surface area contributed by atoms with E-state index >= 15 is 0 Å². The number of nitrogens with zero attached hydrogens (tertiary/aromatic N) is 4. The van der Waals surface area contributed by atoms with E-state index < -0.39 is 0 Å². The SMILES string of the molecule is COc1ccc(-c2noc(CN3CCN(Cc4sccc4Br)CC3)n2)cc1. The van der Waals surface area contributed by atoms with Gasteiger partial charge in [-0.2, -0.15) is 4.98 Å². The summed E-state index contributed by atoms with van der Waals surface area (Å²) in [6.07, 6.45) is 0. The molecule has 142 valence electrons. The largest absolute Gasteiger partial charge is 0.497 e. The highest BCUT2D eigenvalue weighted by atomic mass is 79.9. The molecule has 0 aliphatic carbocycles. The minimum atomic E-state index is 0.619. The number of methoxy groups -OCH3 is 1. The Labute approximate surface area is 170 Å². The molecule has 1 saturated heterocycles. The summed E-state index contributed by atoms with van der Waals surface area (Å²) < 4.78 is 11.9. The molecule has 27 heavy (non-hydrogen) atoms. The van der Waals surface area contributed by atoms with Gasteiger partial charge in [0.15, 0.2) is 0 Å². The molecule has 0 spiro atoms. The van der Waals surface area contributed by atoms with Crippen molar-refractivity contribution in [1.29, 1.82) is 0 Å². The summed E-state index contributed by atoms with van der Waals surface area (Å²) in [4.78, 5) is 10.8. The number of hydrogen-bond acceptors (Lipinski definition) is 7. The Morgan fingerprint density at radius 2 is 1.78 bits per heavy atom. The van der Waals surface area contributed by atoms with Crippen molar-refractivity contribution in [3.63, 3.8) is 0 Å². The summed E-state index contributed by atoms with van der Waals surface area (Å²) in [6.45, 7) is 5.80. The first-order chi connectivity index (χ1) is 13.2. The summed E-state index contributed by atoms with van der Waals surface area (Å²) >= 11 is 5.42.